The Morgan fingerprint density at radius 3 is 2.50 bits per heavy atom. The third-order valence-electron chi connectivity index (χ3n) is 4.04. The van der Waals surface area contributed by atoms with Crippen molar-refractivity contribution in [2.75, 3.05) is 12.9 Å². The van der Waals surface area contributed by atoms with Crippen LogP contribution in [-0.4, -0.2) is 31.8 Å². The van der Waals surface area contributed by atoms with E-state index >= 15 is 0 Å². The van der Waals surface area contributed by atoms with Gasteiger partial charge in [0.25, 0.3) is 5.91 Å². The molecule has 0 aliphatic rings. The molecule has 1 aromatic heterocycles. The maximum atomic E-state index is 12.5. The van der Waals surface area contributed by atoms with Crippen molar-refractivity contribution >= 4 is 37.3 Å². The van der Waals surface area contributed by atoms with Crippen LogP contribution >= 0.6 is 11.3 Å². The molecule has 0 radical (unpaired) electrons. The van der Waals surface area contributed by atoms with E-state index in [1.807, 2.05) is 29.8 Å². The molecule has 3 rings (SSSR count). The van der Waals surface area contributed by atoms with Gasteiger partial charge in [-0.1, -0.05) is 24.3 Å². The largest absolute Gasteiger partial charge is 0.495 e. The minimum absolute atomic E-state index is 0.0180. The summed E-state index contributed by atoms with van der Waals surface area (Å²) in [5.74, 6) is 0.306. The van der Waals surface area contributed by atoms with E-state index in [9.17, 15) is 13.2 Å². The number of hydrogen-bond acceptors (Lipinski definition) is 5. The molecule has 26 heavy (non-hydrogen) atoms. The number of amides is 1. The lowest BCUT2D eigenvalue weighted by molar-refractivity contribution is 0.0998. The van der Waals surface area contributed by atoms with Crippen LogP contribution in [0.4, 0.5) is 0 Å². The van der Waals surface area contributed by atoms with E-state index in [-0.39, 0.29) is 10.6 Å². The number of thiazole rings is 1. The Morgan fingerprint density at radius 2 is 1.88 bits per heavy atom. The van der Waals surface area contributed by atoms with Crippen LogP contribution in [0.2, 0.25) is 0 Å². The van der Waals surface area contributed by atoms with Gasteiger partial charge in [-0.15, -0.1) is 0 Å². The van der Waals surface area contributed by atoms with Crippen LogP contribution < -0.4 is 9.54 Å². The highest BCUT2D eigenvalue weighted by atomic mass is 32.2. The molecule has 2 aromatic carbocycles. The Hall–Kier alpha value is -2.45. The minimum Gasteiger partial charge on any atom is -0.495 e. The number of rotatable bonds is 4. The topological polar surface area (TPSA) is 77.7 Å². The summed E-state index contributed by atoms with van der Waals surface area (Å²) < 4.78 is 31.9. The standard InChI is InChI=1S/C18H18N2O4S2/c1-4-26(22,23)13-10-8-12(9-11-13)17(21)19-18-20(2)16-14(24-3)6-5-7-15(16)25-18/h5-11H,4H2,1-3H3. The zero-order valence-electron chi connectivity index (χ0n) is 14.6. The average Bonchev–Trinajstić information content (AvgIpc) is 2.97. The first-order chi connectivity index (χ1) is 12.4. The van der Waals surface area contributed by atoms with Gasteiger partial charge in [0.2, 0.25) is 0 Å². The van der Waals surface area contributed by atoms with Crippen LogP contribution in [0.1, 0.15) is 17.3 Å². The van der Waals surface area contributed by atoms with E-state index in [1.165, 1.54) is 35.6 Å². The molecule has 0 bridgehead atoms. The predicted octanol–water partition coefficient (Wildman–Crippen LogP) is 2.78. The van der Waals surface area contributed by atoms with Crippen molar-refractivity contribution in [2.45, 2.75) is 11.8 Å². The molecule has 136 valence electrons. The summed E-state index contributed by atoms with van der Waals surface area (Å²) in [6.07, 6.45) is 0. The second-order valence-corrected chi connectivity index (χ2v) is 8.88. The van der Waals surface area contributed by atoms with E-state index in [1.54, 1.807) is 14.0 Å². The van der Waals surface area contributed by atoms with Crippen LogP contribution in [0.15, 0.2) is 52.4 Å². The second kappa shape index (κ2) is 7.05. The fourth-order valence-corrected chi connectivity index (χ4v) is 4.48. The molecule has 0 saturated heterocycles. The molecule has 0 atom stereocenters. The zero-order valence-corrected chi connectivity index (χ0v) is 16.2. The van der Waals surface area contributed by atoms with Crippen molar-refractivity contribution in [3.8, 4) is 5.75 Å². The maximum absolute atomic E-state index is 12.5. The van der Waals surface area contributed by atoms with Crippen LogP contribution in [0.25, 0.3) is 10.2 Å². The zero-order chi connectivity index (χ0) is 18.9. The fraction of sp³-hybridized carbons (Fsp3) is 0.222. The van der Waals surface area contributed by atoms with Gasteiger partial charge in [-0.2, -0.15) is 4.99 Å². The Kier molecular flexibility index (Phi) is 4.97. The molecule has 0 aliphatic heterocycles. The number of fused-ring (bicyclic) bond motifs is 1. The van der Waals surface area contributed by atoms with E-state index in [2.05, 4.69) is 4.99 Å². The van der Waals surface area contributed by atoms with Gasteiger partial charge in [0.1, 0.15) is 11.3 Å². The monoisotopic (exact) mass is 390 g/mol. The van der Waals surface area contributed by atoms with E-state index < -0.39 is 15.7 Å². The summed E-state index contributed by atoms with van der Waals surface area (Å²) in [5, 5.41) is 0. The summed E-state index contributed by atoms with van der Waals surface area (Å²) in [6.45, 7) is 1.58. The number of carbonyl (C=O) groups excluding carboxylic acids is 1. The van der Waals surface area contributed by atoms with Crippen molar-refractivity contribution in [3.05, 3.63) is 52.8 Å². The molecule has 1 heterocycles. The van der Waals surface area contributed by atoms with Crippen LogP contribution in [0.3, 0.4) is 0 Å². The summed E-state index contributed by atoms with van der Waals surface area (Å²) in [6, 6.07) is 11.5. The summed E-state index contributed by atoms with van der Waals surface area (Å²) >= 11 is 1.39. The highest BCUT2D eigenvalue weighted by Gasteiger charge is 2.13. The Balaban J connectivity index is 2.02. The van der Waals surface area contributed by atoms with Gasteiger partial charge < -0.3 is 9.30 Å². The molecule has 0 saturated carbocycles. The molecule has 0 aliphatic carbocycles. The first-order valence-corrected chi connectivity index (χ1v) is 10.4. The molecule has 0 N–H and O–H groups in total. The van der Waals surface area contributed by atoms with Gasteiger partial charge in [0, 0.05) is 12.6 Å². The molecular formula is C18H18N2O4S2. The molecule has 1 amide bonds. The lowest BCUT2D eigenvalue weighted by atomic mass is 10.2. The number of methoxy groups -OCH3 is 1. The van der Waals surface area contributed by atoms with Crippen molar-refractivity contribution in [3.63, 3.8) is 0 Å². The van der Waals surface area contributed by atoms with Gasteiger partial charge in [0.05, 0.1) is 22.5 Å². The SMILES string of the molecule is CCS(=O)(=O)c1ccc(C(=O)N=c2sc3cccc(OC)c3n2C)cc1. The smallest absolute Gasteiger partial charge is 0.279 e. The number of aryl methyl sites for hydroxylation is 1. The quantitative estimate of drug-likeness (QED) is 0.686. The molecule has 6 nitrogen and oxygen atoms in total. The normalized spacial score (nSPS) is 12.5. The summed E-state index contributed by atoms with van der Waals surface area (Å²) in [4.78, 5) is 17.4. The molecule has 0 spiro atoms. The van der Waals surface area contributed by atoms with E-state index in [4.69, 9.17) is 4.74 Å². The molecular weight excluding hydrogens is 372 g/mol. The summed E-state index contributed by atoms with van der Waals surface area (Å²) in [5.41, 5.74) is 1.21. The van der Waals surface area contributed by atoms with Crippen LogP contribution in [0.5, 0.6) is 5.75 Å². The van der Waals surface area contributed by atoms with Gasteiger partial charge in [-0.3, -0.25) is 4.79 Å². The van der Waals surface area contributed by atoms with Crippen molar-refractivity contribution in [1.82, 2.24) is 4.57 Å². The molecule has 3 aromatic rings. The maximum Gasteiger partial charge on any atom is 0.279 e. The van der Waals surface area contributed by atoms with Gasteiger partial charge >= 0.3 is 0 Å². The Morgan fingerprint density at radius 1 is 1.19 bits per heavy atom. The van der Waals surface area contributed by atoms with Gasteiger partial charge in [-0.05, 0) is 36.4 Å². The number of carbonyl (C=O) groups is 1. The molecule has 8 heteroatoms. The average molecular weight is 390 g/mol. The minimum atomic E-state index is -3.29. The number of benzene rings is 2. The molecule has 0 fully saturated rings. The Labute approximate surface area is 155 Å². The number of para-hydroxylation sites is 1. The van der Waals surface area contributed by atoms with E-state index in [0.29, 0.717) is 16.1 Å². The third kappa shape index (κ3) is 3.30. The predicted molar refractivity (Wildman–Crippen MR) is 101 cm³/mol. The third-order valence-corrected chi connectivity index (χ3v) is 6.89. The van der Waals surface area contributed by atoms with Crippen molar-refractivity contribution < 1.29 is 17.9 Å². The highest BCUT2D eigenvalue weighted by Crippen LogP contribution is 2.26. The van der Waals surface area contributed by atoms with Crippen LogP contribution in [0, 0.1) is 0 Å². The van der Waals surface area contributed by atoms with E-state index in [0.717, 1.165) is 10.2 Å². The Bertz CT molecular complexity index is 1140. The number of aromatic nitrogens is 1. The lowest BCUT2D eigenvalue weighted by Crippen LogP contribution is -2.13. The fourth-order valence-electron chi connectivity index (χ4n) is 2.56. The number of hydrogen-bond donors (Lipinski definition) is 0. The lowest BCUT2D eigenvalue weighted by Gasteiger charge is -2.03. The number of nitrogens with zero attached hydrogens (tertiary/aromatic N) is 2. The van der Waals surface area contributed by atoms with Gasteiger partial charge in [-0.25, -0.2) is 8.42 Å². The highest BCUT2D eigenvalue weighted by molar-refractivity contribution is 7.91. The number of ether oxygens (including phenoxy) is 1. The van der Waals surface area contributed by atoms with Crippen molar-refractivity contribution in [2.24, 2.45) is 12.0 Å². The number of sulfone groups is 1. The van der Waals surface area contributed by atoms with Gasteiger partial charge in [0.15, 0.2) is 14.6 Å². The van der Waals surface area contributed by atoms with Crippen LogP contribution in [-0.2, 0) is 16.9 Å². The first kappa shape index (κ1) is 18.3. The molecule has 0 unspecified atom stereocenters. The van der Waals surface area contributed by atoms with Crippen molar-refractivity contribution in [1.29, 1.82) is 0 Å². The summed E-state index contributed by atoms with van der Waals surface area (Å²) in [7, 11) is 0.132. The first-order valence-electron chi connectivity index (χ1n) is 7.92. The second-order valence-electron chi connectivity index (χ2n) is 5.60.